The predicted octanol–water partition coefficient (Wildman–Crippen LogP) is 3.12. The third-order valence-corrected chi connectivity index (χ3v) is 4.40. The summed E-state index contributed by atoms with van der Waals surface area (Å²) >= 11 is 1.61. The van der Waals surface area contributed by atoms with E-state index in [1.54, 1.807) is 11.8 Å². The lowest BCUT2D eigenvalue weighted by Gasteiger charge is -2.31. The lowest BCUT2D eigenvalue weighted by atomic mass is 10.1. The van der Waals surface area contributed by atoms with Crippen molar-refractivity contribution in [3.8, 4) is 0 Å². The molecule has 2 aromatic rings. The number of aromatic nitrogens is 1. The predicted molar refractivity (Wildman–Crippen MR) is 77.8 cm³/mol. The van der Waals surface area contributed by atoms with Gasteiger partial charge in [0.1, 0.15) is 5.76 Å². The largest absolute Gasteiger partial charge is 0.360 e. The van der Waals surface area contributed by atoms with Crippen LogP contribution in [-0.4, -0.2) is 29.1 Å². The van der Waals surface area contributed by atoms with Gasteiger partial charge in [-0.1, -0.05) is 17.3 Å². The second-order valence-electron chi connectivity index (χ2n) is 4.87. The minimum absolute atomic E-state index is 0.133. The van der Waals surface area contributed by atoms with E-state index < -0.39 is 0 Å². The first kappa shape index (κ1) is 13.2. The van der Waals surface area contributed by atoms with Crippen LogP contribution in [0.15, 0.2) is 39.8 Å². The highest BCUT2D eigenvalue weighted by Crippen LogP contribution is 2.28. The molecule has 3 rings (SSSR count). The Balaban J connectivity index is 1.73. The Morgan fingerprint density at radius 1 is 1.40 bits per heavy atom. The smallest absolute Gasteiger partial charge is 0.254 e. The first-order valence-corrected chi connectivity index (χ1v) is 7.66. The minimum atomic E-state index is 0.133. The Kier molecular flexibility index (Phi) is 3.78. The van der Waals surface area contributed by atoms with Crippen molar-refractivity contribution in [3.63, 3.8) is 0 Å². The SMILES string of the molecule is Cc1cc(CSc2ccccc2C(=O)N2CCC2)on1. The van der Waals surface area contributed by atoms with E-state index in [9.17, 15) is 4.79 Å². The normalized spacial score (nSPS) is 14.2. The summed E-state index contributed by atoms with van der Waals surface area (Å²) in [7, 11) is 0. The highest BCUT2D eigenvalue weighted by molar-refractivity contribution is 7.98. The zero-order valence-electron chi connectivity index (χ0n) is 11.3. The Hall–Kier alpha value is -1.75. The third-order valence-electron chi connectivity index (χ3n) is 3.31. The van der Waals surface area contributed by atoms with E-state index in [4.69, 9.17) is 4.52 Å². The molecule has 1 aromatic heterocycles. The number of nitrogens with zero attached hydrogens (tertiary/aromatic N) is 2. The zero-order valence-corrected chi connectivity index (χ0v) is 12.2. The molecule has 5 heteroatoms. The Morgan fingerprint density at radius 2 is 2.20 bits per heavy atom. The van der Waals surface area contributed by atoms with Crippen molar-refractivity contribution in [2.45, 2.75) is 24.0 Å². The molecular formula is C15H16N2O2S. The lowest BCUT2D eigenvalue weighted by molar-refractivity contribution is 0.0648. The maximum Gasteiger partial charge on any atom is 0.254 e. The van der Waals surface area contributed by atoms with Crippen LogP contribution in [0.4, 0.5) is 0 Å². The molecule has 1 saturated heterocycles. The number of carbonyl (C=O) groups excluding carboxylic acids is 1. The first-order chi connectivity index (χ1) is 9.74. The van der Waals surface area contributed by atoms with Crippen molar-refractivity contribution in [1.82, 2.24) is 10.1 Å². The standard InChI is InChI=1S/C15H16N2O2S/c1-11-9-12(19-16-11)10-20-14-6-3-2-5-13(14)15(18)17-7-4-8-17/h2-3,5-6,9H,4,7-8,10H2,1H3. The Bertz CT molecular complexity index is 620. The topological polar surface area (TPSA) is 46.3 Å². The summed E-state index contributed by atoms with van der Waals surface area (Å²) in [5.74, 6) is 1.65. The van der Waals surface area contributed by atoms with Gasteiger partial charge in [-0.15, -0.1) is 11.8 Å². The maximum absolute atomic E-state index is 12.3. The van der Waals surface area contributed by atoms with Gasteiger partial charge in [-0.3, -0.25) is 4.79 Å². The van der Waals surface area contributed by atoms with Gasteiger partial charge >= 0.3 is 0 Å². The van der Waals surface area contributed by atoms with Gasteiger partial charge in [0.15, 0.2) is 0 Å². The summed E-state index contributed by atoms with van der Waals surface area (Å²) in [5.41, 5.74) is 1.67. The summed E-state index contributed by atoms with van der Waals surface area (Å²) < 4.78 is 5.20. The van der Waals surface area contributed by atoms with E-state index in [-0.39, 0.29) is 5.91 Å². The molecule has 1 aromatic carbocycles. The van der Waals surface area contributed by atoms with E-state index in [0.717, 1.165) is 41.4 Å². The molecule has 20 heavy (non-hydrogen) atoms. The number of hydrogen-bond acceptors (Lipinski definition) is 4. The molecule has 0 bridgehead atoms. The molecule has 0 saturated carbocycles. The van der Waals surface area contributed by atoms with E-state index in [1.165, 1.54) is 0 Å². The fraction of sp³-hybridized carbons (Fsp3) is 0.333. The van der Waals surface area contributed by atoms with E-state index in [1.807, 2.05) is 42.2 Å². The van der Waals surface area contributed by atoms with Crippen LogP contribution in [0.3, 0.4) is 0 Å². The average molecular weight is 288 g/mol. The molecule has 1 aliphatic rings. The lowest BCUT2D eigenvalue weighted by Crippen LogP contribution is -2.42. The summed E-state index contributed by atoms with van der Waals surface area (Å²) in [6.07, 6.45) is 1.11. The van der Waals surface area contributed by atoms with Gasteiger partial charge in [0, 0.05) is 24.1 Å². The number of rotatable bonds is 4. The molecule has 0 spiro atoms. The molecule has 2 heterocycles. The molecule has 1 aliphatic heterocycles. The van der Waals surface area contributed by atoms with Crippen LogP contribution >= 0.6 is 11.8 Å². The summed E-state index contributed by atoms with van der Waals surface area (Å²) in [6, 6.07) is 9.68. The molecule has 0 atom stereocenters. The van der Waals surface area contributed by atoms with Crippen LogP contribution in [0.2, 0.25) is 0 Å². The first-order valence-electron chi connectivity index (χ1n) is 6.67. The van der Waals surface area contributed by atoms with Crippen LogP contribution in [0.25, 0.3) is 0 Å². The molecule has 0 radical (unpaired) electrons. The number of aryl methyl sites for hydroxylation is 1. The molecule has 1 amide bonds. The van der Waals surface area contributed by atoms with Crippen LogP contribution in [0, 0.1) is 6.92 Å². The molecule has 104 valence electrons. The van der Waals surface area contributed by atoms with Gasteiger partial charge in [0.05, 0.1) is 17.0 Å². The Morgan fingerprint density at radius 3 is 2.85 bits per heavy atom. The fourth-order valence-electron chi connectivity index (χ4n) is 2.09. The van der Waals surface area contributed by atoms with Gasteiger partial charge < -0.3 is 9.42 Å². The highest BCUT2D eigenvalue weighted by atomic mass is 32.2. The van der Waals surface area contributed by atoms with E-state index in [2.05, 4.69) is 5.16 Å². The van der Waals surface area contributed by atoms with E-state index >= 15 is 0 Å². The van der Waals surface area contributed by atoms with Gasteiger partial charge in [0.25, 0.3) is 5.91 Å². The average Bonchev–Trinajstić information content (AvgIpc) is 2.80. The van der Waals surface area contributed by atoms with Crippen LogP contribution in [0.5, 0.6) is 0 Å². The van der Waals surface area contributed by atoms with Crippen LogP contribution < -0.4 is 0 Å². The van der Waals surface area contributed by atoms with Gasteiger partial charge in [-0.05, 0) is 25.5 Å². The molecular weight excluding hydrogens is 272 g/mol. The minimum Gasteiger partial charge on any atom is -0.360 e. The second kappa shape index (κ2) is 5.71. The number of likely N-dealkylation sites (tertiary alicyclic amines) is 1. The number of carbonyl (C=O) groups is 1. The van der Waals surface area contributed by atoms with Crippen LogP contribution in [0.1, 0.15) is 28.2 Å². The van der Waals surface area contributed by atoms with Crippen molar-refractivity contribution in [1.29, 1.82) is 0 Å². The number of benzene rings is 1. The Labute approximate surface area is 122 Å². The molecule has 0 aliphatic carbocycles. The van der Waals surface area contributed by atoms with Crippen molar-refractivity contribution in [3.05, 3.63) is 47.3 Å². The summed E-state index contributed by atoms with van der Waals surface area (Å²) in [4.78, 5) is 15.2. The highest BCUT2D eigenvalue weighted by Gasteiger charge is 2.23. The van der Waals surface area contributed by atoms with Gasteiger partial charge in [-0.25, -0.2) is 0 Å². The molecule has 0 unspecified atom stereocenters. The number of amides is 1. The van der Waals surface area contributed by atoms with Crippen LogP contribution in [-0.2, 0) is 5.75 Å². The molecule has 0 N–H and O–H groups in total. The van der Waals surface area contributed by atoms with Crippen molar-refractivity contribution in [2.24, 2.45) is 0 Å². The van der Waals surface area contributed by atoms with E-state index in [0.29, 0.717) is 5.75 Å². The number of thioether (sulfide) groups is 1. The van der Waals surface area contributed by atoms with Crippen molar-refractivity contribution < 1.29 is 9.32 Å². The number of hydrogen-bond donors (Lipinski definition) is 0. The zero-order chi connectivity index (χ0) is 13.9. The van der Waals surface area contributed by atoms with Gasteiger partial charge in [-0.2, -0.15) is 0 Å². The fourth-order valence-corrected chi connectivity index (χ4v) is 3.01. The maximum atomic E-state index is 12.3. The molecule has 4 nitrogen and oxygen atoms in total. The third kappa shape index (κ3) is 2.72. The van der Waals surface area contributed by atoms with Crippen molar-refractivity contribution >= 4 is 17.7 Å². The molecule has 1 fully saturated rings. The monoisotopic (exact) mass is 288 g/mol. The van der Waals surface area contributed by atoms with Gasteiger partial charge in [0.2, 0.25) is 0 Å². The van der Waals surface area contributed by atoms with Crippen molar-refractivity contribution in [2.75, 3.05) is 13.1 Å². The summed E-state index contributed by atoms with van der Waals surface area (Å²) in [6.45, 7) is 3.65. The second-order valence-corrected chi connectivity index (χ2v) is 5.88. The summed E-state index contributed by atoms with van der Waals surface area (Å²) in [5, 5.41) is 3.87. The quantitative estimate of drug-likeness (QED) is 0.811.